The number of carbonyl (C=O) groups excluding carboxylic acids is 2. The smallest absolute Gasteiger partial charge is 0.239 e. The molecule has 28 heavy (non-hydrogen) atoms. The molecule has 0 spiro atoms. The number of hydrogen-bond acceptors (Lipinski definition) is 4. The zero-order valence-electron chi connectivity index (χ0n) is 15.0. The van der Waals surface area contributed by atoms with Gasteiger partial charge >= 0.3 is 0 Å². The maximum Gasteiger partial charge on any atom is 0.239 e. The predicted octanol–water partition coefficient (Wildman–Crippen LogP) is 3.77. The number of oxazole rings is 1. The number of aromatic nitrogens is 1. The Labute approximate surface area is 170 Å². The van der Waals surface area contributed by atoms with E-state index in [4.69, 9.17) is 4.42 Å². The second-order valence-corrected chi connectivity index (χ2v) is 7.34. The normalized spacial score (nSPS) is 16.4. The number of rotatable bonds is 5. The van der Waals surface area contributed by atoms with E-state index < -0.39 is 5.92 Å². The molecule has 0 saturated carbocycles. The van der Waals surface area contributed by atoms with Crippen LogP contribution in [0.1, 0.15) is 12.3 Å². The first-order valence-corrected chi connectivity index (χ1v) is 9.76. The van der Waals surface area contributed by atoms with E-state index in [1.165, 1.54) is 0 Å². The molecular weight excluding hydrogens is 422 g/mol. The van der Waals surface area contributed by atoms with Gasteiger partial charge in [0, 0.05) is 16.6 Å². The van der Waals surface area contributed by atoms with E-state index in [0.29, 0.717) is 24.6 Å². The summed E-state index contributed by atoms with van der Waals surface area (Å²) >= 11 is 3.46. The molecule has 1 aromatic heterocycles. The van der Waals surface area contributed by atoms with Gasteiger partial charge < -0.3 is 14.6 Å². The fourth-order valence-corrected chi connectivity index (χ4v) is 3.75. The second-order valence-electron chi connectivity index (χ2n) is 6.48. The molecule has 1 aliphatic heterocycles. The van der Waals surface area contributed by atoms with E-state index in [1.54, 1.807) is 11.1 Å². The molecule has 0 aliphatic carbocycles. The zero-order valence-corrected chi connectivity index (χ0v) is 16.6. The minimum Gasteiger partial charge on any atom is -0.439 e. The first-order valence-electron chi connectivity index (χ1n) is 8.97. The van der Waals surface area contributed by atoms with Crippen LogP contribution in [-0.4, -0.2) is 23.3 Å². The summed E-state index contributed by atoms with van der Waals surface area (Å²) in [6.07, 6.45) is 2.11. The summed E-state index contributed by atoms with van der Waals surface area (Å²) in [4.78, 5) is 31.1. The molecule has 6 nitrogen and oxygen atoms in total. The lowest BCUT2D eigenvalue weighted by Gasteiger charge is -2.18. The Kier molecular flexibility index (Phi) is 5.25. The molecule has 1 fully saturated rings. The van der Waals surface area contributed by atoms with E-state index in [9.17, 15) is 9.59 Å². The van der Waals surface area contributed by atoms with Crippen LogP contribution in [0.4, 0.5) is 5.69 Å². The van der Waals surface area contributed by atoms with Crippen LogP contribution in [0, 0.1) is 5.92 Å². The summed E-state index contributed by atoms with van der Waals surface area (Å²) in [5.41, 5.74) is 1.70. The lowest BCUT2D eigenvalue weighted by molar-refractivity contribution is -0.132. The highest BCUT2D eigenvalue weighted by molar-refractivity contribution is 9.10. The summed E-state index contributed by atoms with van der Waals surface area (Å²) in [6, 6.07) is 17.1. The van der Waals surface area contributed by atoms with Crippen LogP contribution >= 0.6 is 15.9 Å². The minimum atomic E-state index is -0.698. The quantitative estimate of drug-likeness (QED) is 0.613. The molecule has 0 bridgehead atoms. The Hall–Kier alpha value is -2.93. The van der Waals surface area contributed by atoms with Crippen molar-refractivity contribution in [2.45, 2.75) is 13.0 Å². The van der Waals surface area contributed by atoms with E-state index >= 15 is 0 Å². The van der Waals surface area contributed by atoms with Gasteiger partial charge in [0.15, 0.2) is 5.76 Å². The highest BCUT2D eigenvalue weighted by Gasteiger charge is 2.38. The SMILES string of the molecule is O=C(NCc1ncc(-c2ccccc2)o1)[C@H]1CCN(c2ccccc2Br)C1=O. The maximum absolute atomic E-state index is 12.7. The number of anilines is 1. The third-order valence-electron chi connectivity index (χ3n) is 4.69. The Balaban J connectivity index is 1.38. The molecule has 3 aromatic rings. The number of amides is 2. The van der Waals surface area contributed by atoms with Crippen LogP contribution in [0.5, 0.6) is 0 Å². The number of hydrogen-bond donors (Lipinski definition) is 1. The van der Waals surface area contributed by atoms with Crippen molar-refractivity contribution >= 4 is 33.4 Å². The van der Waals surface area contributed by atoms with Crippen LogP contribution in [0.3, 0.4) is 0 Å². The number of carbonyl (C=O) groups is 2. The number of nitrogens with one attached hydrogen (secondary N) is 1. The number of nitrogens with zero attached hydrogens (tertiary/aromatic N) is 2. The van der Waals surface area contributed by atoms with Gasteiger partial charge in [0.05, 0.1) is 18.4 Å². The summed E-state index contributed by atoms with van der Waals surface area (Å²) in [6.45, 7) is 0.654. The molecule has 2 aromatic carbocycles. The van der Waals surface area contributed by atoms with E-state index in [2.05, 4.69) is 26.2 Å². The van der Waals surface area contributed by atoms with Gasteiger partial charge in [-0.3, -0.25) is 9.59 Å². The zero-order chi connectivity index (χ0) is 19.5. The number of para-hydroxylation sites is 1. The molecule has 7 heteroatoms. The topological polar surface area (TPSA) is 75.4 Å². The van der Waals surface area contributed by atoms with Gasteiger partial charge in [-0.1, -0.05) is 42.5 Å². The summed E-state index contributed by atoms with van der Waals surface area (Å²) in [7, 11) is 0. The fourth-order valence-electron chi connectivity index (χ4n) is 3.25. The first-order chi connectivity index (χ1) is 13.6. The molecule has 142 valence electrons. The van der Waals surface area contributed by atoms with Gasteiger partial charge in [-0.15, -0.1) is 0 Å². The van der Waals surface area contributed by atoms with Crippen LogP contribution in [0.15, 0.2) is 69.7 Å². The average molecular weight is 440 g/mol. The van der Waals surface area contributed by atoms with Gasteiger partial charge in [-0.25, -0.2) is 4.98 Å². The van der Waals surface area contributed by atoms with Gasteiger partial charge in [-0.2, -0.15) is 0 Å². The van der Waals surface area contributed by atoms with Crippen molar-refractivity contribution in [1.29, 1.82) is 0 Å². The van der Waals surface area contributed by atoms with Crippen molar-refractivity contribution in [1.82, 2.24) is 10.3 Å². The van der Waals surface area contributed by atoms with Gasteiger partial charge in [0.2, 0.25) is 17.7 Å². The Bertz CT molecular complexity index is 1000. The van der Waals surface area contributed by atoms with Gasteiger partial charge in [-0.05, 0) is 34.5 Å². The third-order valence-corrected chi connectivity index (χ3v) is 5.36. The molecule has 1 N–H and O–H groups in total. The highest BCUT2D eigenvalue weighted by Crippen LogP contribution is 2.31. The second kappa shape index (κ2) is 7.98. The maximum atomic E-state index is 12.7. The Morgan fingerprint density at radius 1 is 1.18 bits per heavy atom. The molecular formula is C21H18BrN3O3. The van der Waals surface area contributed by atoms with E-state index in [-0.39, 0.29) is 18.4 Å². The molecule has 1 atom stereocenters. The van der Waals surface area contributed by atoms with Crippen molar-refractivity contribution in [3.8, 4) is 11.3 Å². The summed E-state index contributed by atoms with van der Waals surface area (Å²) < 4.78 is 6.52. The summed E-state index contributed by atoms with van der Waals surface area (Å²) in [5.74, 6) is -0.154. The largest absolute Gasteiger partial charge is 0.439 e. The molecule has 4 rings (SSSR count). The number of benzene rings is 2. The molecule has 2 amide bonds. The van der Waals surface area contributed by atoms with Gasteiger partial charge in [0.25, 0.3) is 0 Å². The fraction of sp³-hybridized carbons (Fsp3) is 0.190. The van der Waals surface area contributed by atoms with E-state index in [0.717, 1.165) is 15.7 Å². The first kappa shape index (κ1) is 18.4. The minimum absolute atomic E-state index is 0.143. The van der Waals surface area contributed by atoms with Crippen LogP contribution in [-0.2, 0) is 16.1 Å². The van der Waals surface area contributed by atoms with E-state index in [1.807, 2.05) is 54.6 Å². The Morgan fingerprint density at radius 2 is 1.93 bits per heavy atom. The standard InChI is InChI=1S/C21H18BrN3O3/c22-16-8-4-5-9-17(16)25-11-10-15(21(25)27)20(26)24-13-19-23-12-18(28-19)14-6-2-1-3-7-14/h1-9,12,15H,10-11,13H2,(H,24,26)/t15-/m1/s1. The lowest BCUT2D eigenvalue weighted by Crippen LogP contribution is -2.36. The summed E-state index contributed by atoms with van der Waals surface area (Å²) in [5, 5.41) is 2.77. The van der Waals surface area contributed by atoms with Gasteiger partial charge in [0.1, 0.15) is 5.92 Å². The third kappa shape index (κ3) is 3.71. The Morgan fingerprint density at radius 3 is 2.71 bits per heavy atom. The van der Waals surface area contributed by atoms with Crippen LogP contribution in [0.25, 0.3) is 11.3 Å². The predicted molar refractivity (Wildman–Crippen MR) is 108 cm³/mol. The molecule has 0 radical (unpaired) electrons. The average Bonchev–Trinajstić information content (AvgIpc) is 3.34. The highest BCUT2D eigenvalue weighted by atomic mass is 79.9. The molecule has 1 aliphatic rings. The van der Waals surface area contributed by atoms with Crippen LogP contribution < -0.4 is 10.2 Å². The van der Waals surface area contributed by atoms with Crippen molar-refractivity contribution in [2.75, 3.05) is 11.4 Å². The number of halogens is 1. The lowest BCUT2D eigenvalue weighted by atomic mass is 10.1. The van der Waals surface area contributed by atoms with Crippen molar-refractivity contribution < 1.29 is 14.0 Å². The molecule has 1 saturated heterocycles. The van der Waals surface area contributed by atoms with Crippen molar-refractivity contribution in [3.63, 3.8) is 0 Å². The molecule has 0 unspecified atom stereocenters. The molecule has 2 heterocycles. The van der Waals surface area contributed by atoms with Crippen LogP contribution in [0.2, 0.25) is 0 Å². The van der Waals surface area contributed by atoms with Crippen molar-refractivity contribution in [2.24, 2.45) is 5.92 Å². The van der Waals surface area contributed by atoms with Crippen molar-refractivity contribution in [3.05, 3.63) is 71.2 Å². The monoisotopic (exact) mass is 439 g/mol.